The van der Waals surface area contributed by atoms with E-state index in [1.807, 2.05) is 6.92 Å². The number of alkyl halides is 3. The molecule has 0 fully saturated rings. The molecule has 0 bridgehead atoms. The van der Waals surface area contributed by atoms with Crippen molar-refractivity contribution in [3.63, 3.8) is 0 Å². The number of carbonyl (C=O) groups excluding carboxylic acids is 1. The number of benzene rings is 1. The highest BCUT2D eigenvalue weighted by Gasteiger charge is 2.33. The molecule has 1 N–H and O–H groups in total. The van der Waals surface area contributed by atoms with E-state index >= 15 is 0 Å². The van der Waals surface area contributed by atoms with Gasteiger partial charge in [0.1, 0.15) is 0 Å². The Morgan fingerprint density at radius 3 is 2.60 bits per heavy atom. The van der Waals surface area contributed by atoms with Crippen LogP contribution in [0.15, 0.2) is 18.2 Å². The fourth-order valence-electron chi connectivity index (χ4n) is 1.54. The minimum atomic E-state index is -4.55. The molecule has 0 atom stereocenters. The molecule has 0 spiro atoms. The second kappa shape index (κ2) is 6.83. The van der Waals surface area contributed by atoms with Crippen molar-refractivity contribution in [1.82, 2.24) is 4.90 Å². The molecule has 1 aromatic rings. The standard InChI is InChI=1S/C13H16ClF3N2O/c1-3-4-7-19(2)12(20)18-9-5-6-11(14)10(8-9)13(15,16)17/h5-6,8H,3-4,7H2,1-2H3,(H,18,20). The van der Waals surface area contributed by atoms with Gasteiger partial charge in [-0.2, -0.15) is 13.2 Å². The Morgan fingerprint density at radius 1 is 1.40 bits per heavy atom. The minimum absolute atomic E-state index is 0.0649. The van der Waals surface area contributed by atoms with Crippen molar-refractivity contribution in [2.24, 2.45) is 0 Å². The van der Waals surface area contributed by atoms with E-state index < -0.39 is 22.8 Å². The number of hydrogen-bond donors (Lipinski definition) is 1. The zero-order chi connectivity index (χ0) is 15.3. The predicted molar refractivity (Wildman–Crippen MR) is 73.0 cm³/mol. The molecular weight excluding hydrogens is 293 g/mol. The molecule has 2 amide bonds. The molecule has 0 aliphatic carbocycles. The van der Waals surface area contributed by atoms with Crippen LogP contribution < -0.4 is 5.32 Å². The quantitative estimate of drug-likeness (QED) is 0.864. The van der Waals surface area contributed by atoms with Gasteiger partial charge in [0.15, 0.2) is 0 Å². The molecule has 0 unspecified atom stereocenters. The van der Waals surface area contributed by atoms with Crippen LogP contribution in [0.5, 0.6) is 0 Å². The molecule has 1 aromatic carbocycles. The van der Waals surface area contributed by atoms with Crippen LogP contribution in [-0.4, -0.2) is 24.5 Å². The molecule has 7 heteroatoms. The van der Waals surface area contributed by atoms with Crippen LogP contribution >= 0.6 is 11.6 Å². The SMILES string of the molecule is CCCCN(C)C(=O)Nc1ccc(Cl)c(C(F)(F)F)c1. The molecule has 0 radical (unpaired) electrons. The first-order valence-corrected chi connectivity index (χ1v) is 6.52. The highest BCUT2D eigenvalue weighted by Crippen LogP contribution is 2.36. The van der Waals surface area contributed by atoms with Gasteiger partial charge in [-0.05, 0) is 24.6 Å². The molecule has 0 heterocycles. The highest BCUT2D eigenvalue weighted by molar-refractivity contribution is 6.31. The Kier molecular flexibility index (Phi) is 5.68. The Bertz CT molecular complexity index is 477. The number of rotatable bonds is 4. The lowest BCUT2D eigenvalue weighted by Gasteiger charge is -2.18. The average molecular weight is 309 g/mol. The molecule has 20 heavy (non-hydrogen) atoms. The van der Waals surface area contributed by atoms with Crippen LogP contribution in [0.3, 0.4) is 0 Å². The van der Waals surface area contributed by atoms with Gasteiger partial charge in [0.05, 0.1) is 10.6 Å². The van der Waals surface area contributed by atoms with Crippen LogP contribution in [0.1, 0.15) is 25.3 Å². The second-order valence-corrected chi connectivity index (χ2v) is 4.80. The van der Waals surface area contributed by atoms with E-state index in [-0.39, 0.29) is 5.69 Å². The molecular formula is C13H16ClF3N2O. The molecule has 3 nitrogen and oxygen atoms in total. The summed E-state index contributed by atoms with van der Waals surface area (Å²) in [4.78, 5) is 13.2. The van der Waals surface area contributed by atoms with Crippen molar-refractivity contribution in [3.05, 3.63) is 28.8 Å². The van der Waals surface area contributed by atoms with Gasteiger partial charge in [-0.25, -0.2) is 4.79 Å². The molecule has 0 saturated heterocycles. The molecule has 0 aliphatic heterocycles. The lowest BCUT2D eigenvalue weighted by atomic mass is 10.2. The molecule has 0 aromatic heterocycles. The number of amides is 2. The van der Waals surface area contributed by atoms with E-state index in [9.17, 15) is 18.0 Å². The number of anilines is 1. The lowest BCUT2D eigenvalue weighted by molar-refractivity contribution is -0.137. The first kappa shape index (κ1) is 16.6. The van der Waals surface area contributed by atoms with Crippen LogP contribution in [0, 0.1) is 0 Å². The second-order valence-electron chi connectivity index (χ2n) is 4.40. The third-order valence-electron chi connectivity index (χ3n) is 2.72. The molecule has 112 valence electrons. The first-order chi connectivity index (χ1) is 9.25. The highest BCUT2D eigenvalue weighted by atomic mass is 35.5. The maximum absolute atomic E-state index is 12.7. The van der Waals surface area contributed by atoms with Gasteiger partial charge in [0.25, 0.3) is 0 Å². The van der Waals surface area contributed by atoms with Crippen molar-refractivity contribution in [3.8, 4) is 0 Å². The van der Waals surface area contributed by atoms with Crippen molar-refractivity contribution >= 4 is 23.3 Å². The van der Waals surface area contributed by atoms with Crippen LogP contribution in [0.2, 0.25) is 5.02 Å². The average Bonchev–Trinajstić information content (AvgIpc) is 2.36. The van der Waals surface area contributed by atoms with Gasteiger partial charge in [0.2, 0.25) is 0 Å². The normalized spacial score (nSPS) is 11.3. The number of nitrogens with one attached hydrogen (secondary N) is 1. The number of halogens is 4. The summed E-state index contributed by atoms with van der Waals surface area (Å²) >= 11 is 5.51. The number of carbonyl (C=O) groups is 1. The van der Waals surface area contributed by atoms with Gasteiger partial charge < -0.3 is 10.2 Å². The number of hydrogen-bond acceptors (Lipinski definition) is 1. The largest absolute Gasteiger partial charge is 0.417 e. The number of urea groups is 1. The molecule has 0 saturated carbocycles. The Morgan fingerprint density at radius 2 is 2.05 bits per heavy atom. The Balaban J connectivity index is 2.81. The van der Waals surface area contributed by atoms with Crippen molar-refractivity contribution in [2.45, 2.75) is 25.9 Å². The lowest BCUT2D eigenvalue weighted by Crippen LogP contribution is -2.32. The summed E-state index contributed by atoms with van der Waals surface area (Å²) in [5, 5.41) is 2.02. The van der Waals surface area contributed by atoms with Gasteiger partial charge in [-0.3, -0.25) is 0 Å². The van der Waals surface area contributed by atoms with Crippen LogP contribution in [0.4, 0.5) is 23.7 Å². The van der Waals surface area contributed by atoms with Crippen molar-refractivity contribution in [1.29, 1.82) is 0 Å². The van der Waals surface area contributed by atoms with E-state index in [0.29, 0.717) is 6.54 Å². The number of unbranched alkanes of at least 4 members (excludes halogenated alkanes) is 1. The van der Waals surface area contributed by atoms with Gasteiger partial charge >= 0.3 is 12.2 Å². The fourth-order valence-corrected chi connectivity index (χ4v) is 1.76. The summed E-state index contributed by atoms with van der Waals surface area (Å²) in [6.45, 7) is 2.53. The third kappa shape index (κ3) is 4.59. The van der Waals surface area contributed by atoms with E-state index in [4.69, 9.17) is 11.6 Å². The molecule has 1 rings (SSSR count). The van der Waals surface area contributed by atoms with Gasteiger partial charge in [-0.1, -0.05) is 24.9 Å². The van der Waals surface area contributed by atoms with Gasteiger partial charge in [-0.15, -0.1) is 0 Å². The maximum atomic E-state index is 12.7. The summed E-state index contributed by atoms with van der Waals surface area (Å²) in [5.74, 6) is 0. The zero-order valence-electron chi connectivity index (χ0n) is 11.2. The Labute approximate surface area is 120 Å². The number of nitrogens with zero attached hydrogens (tertiary/aromatic N) is 1. The first-order valence-electron chi connectivity index (χ1n) is 6.14. The zero-order valence-corrected chi connectivity index (χ0v) is 12.0. The van der Waals surface area contributed by atoms with Gasteiger partial charge in [0, 0.05) is 19.3 Å². The summed E-state index contributed by atoms with van der Waals surface area (Å²) in [7, 11) is 1.59. The summed E-state index contributed by atoms with van der Waals surface area (Å²) in [6, 6.07) is 2.83. The summed E-state index contributed by atoms with van der Waals surface area (Å²) < 4.78 is 38.1. The van der Waals surface area contributed by atoms with E-state index in [1.54, 1.807) is 7.05 Å². The summed E-state index contributed by atoms with van der Waals surface area (Å²) in [5.41, 5.74) is -0.900. The van der Waals surface area contributed by atoms with Crippen molar-refractivity contribution < 1.29 is 18.0 Å². The Hall–Kier alpha value is -1.43. The predicted octanol–water partition coefficient (Wildman–Crippen LogP) is 4.62. The third-order valence-corrected chi connectivity index (χ3v) is 3.05. The monoisotopic (exact) mass is 308 g/mol. The maximum Gasteiger partial charge on any atom is 0.417 e. The van der Waals surface area contributed by atoms with Crippen molar-refractivity contribution in [2.75, 3.05) is 18.9 Å². The van der Waals surface area contributed by atoms with E-state index in [0.717, 1.165) is 25.0 Å². The summed E-state index contributed by atoms with van der Waals surface area (Å²) in [6.07, 6.45) is -2.79. The topological polar surface area (TPSA) is 32.3 Å². The smallest absolute Gasteiger partial charge is 0.328 e. The van der Waals surface area contributed by atoms with Crippen LogP contribution in [0.25, 0.3) is 0 Å². The fraction of sp³-hybridized carbons (Fsp3) is 0.462. The van der Waals surface area contributed by atoms with E-state index in [1.165, 1.54) is 11.0 Å². The van der Waals surface area contributed by atoms with Crippen LogP contribution in [-0.2, 0) is 6.18 Å². The molecule has 0 aliphatic rings. The minimum Gasteiger partial charge on any atom is -0.328 e. The van der Waals surface area contributed by atoms with E-state index in [2.05, 4.69) is 5.32 Å².